The van der Waals surface area contributed by atoms with Crippen LogP contribution in [0, 0.1) is 17.8 Å². The predicted molar refractivity (Wildman–Crippen MR) is 79.4 cm³/mol. The minimum Gasteiger partial charge on any atom is -0.316 e. The lowest BCUT2D eigenvalue weighted by atomic mass is 9.87. The quantitative estimate of drug-likeness (QED) is 0.780. The van der Waals surface area contributed by atoms with E-state index in [1.807, 2.05) is 11.3 Å². The Bertz CT molecular complexity index is 404. The van der Waals surface area contributed by atoms with Gasteiger partial charge < -0.3 is 5.32 Å². The summed E-state index contributed by atoms with van der Waals surface area (Å²) >= 11 is 1.84. The molecule has 1 heterocycles. The zero-order chi connectivity index (χ0) is 13.1. The lowest BCUT2D eigenvalue weighted by Crippen LogP contribution is -2.17. The van der Waals surface area contributed by atoms with E-state index in [0.717, 1.165) is 37.3 Å². The van der Waals surface area contributed by atoms with Gasteiger partial charge in [0.25, 0.3) is 0 Å². The van der Waals surface area contributed by atoms with Crippen molar-refractivity contribution in [1.82, 2.24) is 15.5 Å². The predicted octanol–water partition coefficient (Wildman–Crippen LogP) is 3.06. The molecule has 0 amide bonds. The monoisotopic (exact) mass is 279 g/mol. The van der Waals surface area contributed by atoms with E-state index in [1.54, 1.807) is 0 Å². The van der Waals surface area contributed by atoms with Crippen molar-refractivity contribution < 1.29 is 0 Å². The molecule has 0 saturated heterocycles. The maximum atomic E-state index is 4.40. The van der Waals surface area contributed by atoms with Gasteiger partial charge in [0.15, 0.2) is 0 Å². The Balaban J connectivity index is 1.45. The van der Waals surface area contributed by atoms with E-state index in [-0.39, 0.29) is 0 Å². The molecule has 1 N–H and O–H groups in total. The van der Waals surface area contributed by atoms with Crippen molar-refractivity contribution in [2.24, 2.45) is 17.8 Å². The standard InChI is InChI=1S/C15H25N3S/c1-2-6-16-7-5-14-17-18-15(19-14)10-13-9-11-3-4-12(13)8-11/h11-13,16H,2-10H2,1H3. The van der Waals surface area contributed by atoms with Crippen LogP contribution in [0.3, 0.4) is 0 Å². The van der Waals surface area contributed by atoms with Crippen molar-refractivity contribution in [1.29, 1.82) is 0 Å². The van der Waals surface area contributed by atoms with Gasteiger partial charge in [-0.2, -0.15) is 0 Å². The molecule has 1 aromatic heterocycles. The highest BCUT2D eigenvalue weighted by Gasteiger charge is 2.39. The van der Waals surface area contributed by atoms with E-state index in [1.165, 1.54) is 48.5 Å². The fraction of sp³-hybridized carbons (Fsp3) is 0.867. The summed E-state index contributed by atoms with van der Waals surface area (Å²) in [6.07, 6.45) is 9.35. The second-order valence-electron chi connectivity index (χ2n) is 6.23. The third kappa shape index (κ3) is 3.34. The molecule has 0 radical (unpaired) electrons. The molecule has 4 heteroatoms. The summed E-state index contributed by atoms with van der Waals surface area (Å²) in [4.78, 5) is 0. The van der Waals surface area contributed by atoms with Crippen LogP contribution in [0.25, 0.3) is 0 Å². The fourth-order valence-electron chi connectivity index (χ4n) is 3.82. The first-order valence-corrected chi connectivity index (χ1v) is 8.68. The Labute approximate surface area is 120 Å². The first-order chi connectivity index (χ1) is 9.35. The van der Waals surface area contributed by atoms with Gasteiger partial charge in [-0.15, -0.1) is 21.5 Å². The van der Waals surface area contributed by atoms with Crippen LogP contribution >= 0.6 is 11.3 Å². The minimum absolute atomic E-state index is 0.915. The number of nitrogens with zero attached hydrogens (tertiary/aromatic N) is 2. The Morgan fingerprint density at radius 2 is 2.05 bits per heavy atom. The second kappa shape index (κ2) is 6.31. The van der Waals surface area contributed by atoms with Gasteiger partial charge in [0.05, 0.1) is 0 Å². The topological polar surface area (TPSA) is 37.8 Å². The molecule has 2 fully saturated rings. The van der Waals surface area contributed by atoms with Crippen LogP contribution in [0.1, 0.15) is 49.0 Å². The second-order valence-corrected chi connectivity index (χ2v) is 7.38. The lowest BCUT2D eigenvalue weighted by Gasteiger charge is -2.19. The van der Waals surface area contributed by atoms with Gasteiger partial charge in [-0.05, 0) is 50.0 Å². The number of hydrogen-bond donors (Lipinski definition) is 1. The Kier molecular flexibility index (Phi) is 4.49. The van der Waals surface area contributed by atoms with Gasteiger partial charge in [-0.3, -0.25) is 0 Å². The summed E-state index contributed by atoms with van der Waals surface area (Å²) in [5.74, 6) is 2.96. The first kappa shape index (κ1) is 13.5. The number of hydrogen-bond acceptors (Lipinski definition) is 4. The summed E-state index contributed by atoms with van der Waals surface area (Å²) in [5.41, 5.74) is 0. The van der Waals surface area contributed by atoms with Crippen molar-refractivity contribution >= 4 is 11.3 Å². The lowest BCUT2D eigenvalue weighted by molar-refractivity contribution is 0.331. The molecule has 3 atom stereocenters. The molecule has 0 aromatic carbocycles. The normalized spacial score (nSPS) is 29.2. The van der Waals surface area contributed by atoms with Gasteiger partial charge in [0, 0.05) is 19.4 Å². The number of rotatable bonds is 7. The molecule has 2 bridgehead atoms. The zero-order valence-corrected chi connectivity index (χ0v) is 12.7. The van der Waals surface area contributed by atoms with Crippen LogP contribution in [0.4, 0.5) is 0 Å². The maximum Gasteiger partial charge on any atom is 0.118 e. The average molecular weight is 279 g/mol. The van der Waals surface area contributed by atoms with Crippen LogP contribution in [-0.4, -0.2) is 23.3 Å². The fourth-order valence-corrected chi connectivity index (χ4v) is 4.76. The van der Waals surface area contributed by atoms with Crippen LogP contribution in [-0.2, 0) is 12.8 Å². The molecule has 3 nitrogen and oxygen atoms in total. The van der Waals surface area contributed by atoms with Gasteiger partial charge in [-0.25, -0.2) is 0 Å². The zero-order valence-electron chi connectivity index (χ0n) is 11.9. The molecule has 0 aliphatic heterocycles. The van der Waals surface area contributed by atoms with Crippen molar-refractivity contribution in [2.75, 3.05) is 13.1 Å². The van der Waals surface area contributed by atoms with Crippen LogP contribution in [0.2, 0.25) is 0 Å². The largest absolute Gasteiger partial charge is 0.316 e. The molecule has 1 aromatic rings. The third-order valence-corrected chi connectivity index (χ3v) is 5.78. The highest BCUT2D eigenvalue weighted by molar-refractivity contribution is 7.11. The summed E-state index contributed by atoms with van der Waals surface area (Å²) in [6, 6.07) is 0. The highest BCUT2D eigenvalue weighted by Crippen LogP contribution is 2.49. The number of aromatic nitrogens is 2. The molecule has 2 aliphatic carbocycles. The summed E-state index contributed by atoms with van der Waals surface area (Å²) in [6.45, 7) is 4.35. The van der Waals surface area contributed by atoms with E-state index in [4.69, 9.17) is 0 Å². The molecular weight excluding hydrogens is 254 g/mol. The maximum absolute atomic E-state index is 4.40. The van der Waals surface area contributed by atoms with Crippen LogP contribution in [0.5, 0.6) is 0 Å². The summed E-state index contributed by atoms with van der Waals surface area (Å²) in [7, 11) is 0. The van der Waals surface area contributed by atoms with Crippen molar-refractivity contribution in [3.05, 3.63) is 10.0 Å². The van der Waals surface area contributed by atoms with Gasteiger partial charge in [0.2, 0.25) is 0 Å². The number of fused-ring (bicyclic) bond motifs is 2. The molecule has 2 aliphatic rings. The molecule has 0 spiro atoms. The van der Waals surface area contributed by atoms with Crippen molar-refractivity contribution in [3.8, 4) is 0 Å². The van der Waals surface area contributed by atoms with Crippen LogP contribution in [0.15, 0.2) is 0 Å². The Morgan fingerprint density at radius 3 is 2.79 bits per heavy atom. The number of nitrogens with one attached hydrogen (secondary N) is 1. The smallest absolute Gasteiger partial charge is 0.118 e. The van der Waals surface area contributed by atoms with Crippen molar-refractivity contribution in [2.45, 2.75) is 51.9 Å². The van der Waals surface area contributed by atoms with Crippen LogP contribution < -0.4 is 5.32 Å². The molecule has 19 heavy (non-hydrogen) atoms. The Morgan fingerprint density at radius 1 is 1.16 bits per heavy atom. The van der Waals surface area contributed by atoms with E-state index < -0.39 is 0 Å². The van der Waals surface area contributed by atoms with Gasteiger partial charge in [-0.1, -0.05) is 13.3 Å². The van der Waals surface area contributed by atoms with Gasteiger partial charge >= 0.3 is 0 Å². The van der Waals surface area contributed by atoms with Crippen molar-refractivity contribution in [3.63, 3.8) is 0 Å². The van der Waals surface area contributed by atoms with E-state index in [0.29, 0.717) is 0 Å². The molecule has 3 rings (SSSR count). The average Bonchev–Trinajstić information content (AvgIpc) is 3.11. The molecule has 106 valence electrons. The highest BCUT2D eigenvalue weighted by atomic mass is 32.1. The third-order valence-electron chi connectivity index (χ3n) is 4.77. The minimum atomic E-state index is 0.915. The molecular formula is C15H25N3S. The summed E-state index contributed by atoms with van der Waals surface area (Å²) < 4.78 is 0. The molecule has 2 saturated carbocycles. The molecule has 3 unspecified atom stereocenters. The Hall–Kier alpha value is -0.480. The summed E-state index contributed by atoms with van der Waals surface area (Å²) in [5, 5.41) is 14.7. The first-order valence-electron chi connectivity index (χ1n) is 7.87. The van der Waals surface area contributed by atoms with E-state index in [2.05, 4.69) is 22.4 Å². The van der Waals surface area contributed by atoms with E-state index >= 15 is 0 Å². The van der Waals surface area contributed by atoms with E-state index in [9.17, 15) is 0 Å². The SMILES string of the molecule is CCCNCCc1nnc(CC2CC3CCC2C3)s1. The van der Waals surface area contributed by atoms with Gasteiger partial charge in [0.1, 0.15) is 10.0 Å².